The highest BCUT2D eigenvalue weighted by Crippen LogP contribution is 2.16. The molecule has 0 bridgehead atoms. The van der Waals surface area contributed by atoms with Gasteiger partial charge < -0.3 is 14.0 Å². The first-order chi connectivity index (χ1) is 13.5. The van der Waals surface area contributed by atoms with Crippen LogP contribution in [0.4, 0.5) is 0 Å². The molecule has 2 aromatic heterocycles. The normalized spacial score (nSPS) is 10.5. The van der Waals surface area contributed by atoms with Gasteiger partial charge in [0.1, 0.15) is 18.9 Å². The van der Waals surface area contributed by atoms with Crippen LogP contribution in [0.25, 0.3) is 0 Å². The minimum atomic E-state index is -0.380. The number of methoxy groups -OCH3 is 1. The number of tetrazole rings is 1. The zero-order valence-electron chi connectivity index (χ0n) is 15.2. The molecule has 0 aliphatic heterocycles. The van der Waals surface area contributed by atoms with E-state index in [2.05, 4.69) is 21.0 Å². The van der Waals surface area contributed by atoms with E-state index in [4.69, 9.17) is 21.7 Å². The largest absolute Gasteiger partial charge is 0.497 e. The molecule has 0 saturated heterocycles. The molecular formula is C17H18N6O4S. The molecule has 146 valence electrons. The van der Waals surface area contributed by atoms with E-state index in [0.717, 1.165) is 16.1 Å². The summed E-state index contributed by atoms with van der Waals surface area (Å²) in [5.74, 6) is 0.543. The van der Waals surface area contributed by atoms with Gasteiger partial charge in [-0.05, 0) is 42.1 Å². The molecule has 3 aromatic rings. The number of hydrogen-bond acceptors (Lipinski definition) is 7. The number of amides is 1. The molecule has 2 heterocycles. The molecule has 2 N–H and O–H groups in total. The SMILES string of the molecule is COc1ccc(COc2c(C)n(CC(=O)Nn3[nH]nnc3=S)ccc2=O)cc1. The second kappa shape index (κ2) is 8.48. The topological polar surface area (TPSA) is 116 Å². The first-order valence-corrected chi connectivity index (χ1v) is 8.64. The van der Waals surface area contributed by atoms with Gasteiger partial charge in [0.2, 0.25) is 5.43 Å². The summed E-state index contributed by atoms with van der Waals surface area (Å²) in [6.07, 6.45) is 1.53. The molecule has 0 aliphatic rings. The molecule has 0 unspecified atom stereocenters. The molecule has 1 aromatic carbocycles. The van der Waals surface area contributed by atoms with Crippen molar-refractivity contribution in [3.63, 3.8) is 0 Å². The van der Waals surface area contributed by atoms with Crippen molar-refractivity contribution in [3.8, 4) is 11.5 Å². The van der Waals surface area contributed by atoms with Crippen LogP contribution in [0.5, 0.6) is 11.5 Å². The number of nitrogens with one attached hydrogen (secondary N) is 2. The third-order valence-corrected chi connectivity index (χ3v) is 4.22. The molecule has 1 amide bonds. The number of benzene rings is 1. The van der Waals surface area contributed by atoms with Gasteiger partial charge in [0, 0.05) is 12.3 Å². The van der Waals surface area contributed by atoms with Crippen LogP contribution in [0.15, 0.2) is 41.3 Å². The molecule has 0 saturated carbocycles. The summed E-state index contributed by atoms with van der Waals surface area (Å²) in [5.41, 5.74) is 3.66. The molecule has 0 spiro atoms. The first-order valence-electron chi connectivity index (χ1n) is 8.23. The standard InChI is InChI=1S/C17H18N6O4S/c1-11-16(27-10-12-3-5-13(26-2)6-4-12)14(24)7-8-22(11)9-15(25)19-23-17(28)18-20-21-23/h3-8H,9-10H2,1-2H3,(H,19,25)(H,18,21,28). The Hall–Kier alpha value is -3.47. The van der Waals surface area contributed by atoms with Gasteiger partial charge in [0.25, 0.3) is 10.7 Å². The Labute approximate surface area is 164 Å². The zero-order chi connectivity index (χ0) is 20.1. The van der Waals surface area contributed by atoms with Crippen LogP contribution in [-0.2, 0) is 17.9 Å². The van der Waals surface area contributed by atoms with Crippen molar-refractivity contribution in [1.29, 1.82) is 0 Å². The number of aromatic amines is 1. The maximum Gasteiger partial charge on any atom is 0.260 e. The number of carbonyl (C=O) groups is 1. The van der Waals surface area contributed by atoms with Gasteiger partial charge in [0.05, 0.1) is 12.8 Å². The lowest BCUT2D eigenvalue weighted by Crippen LogP contribution is -2.29. The van der Waals surface area contributed by atoms with E-state index < -0.39 is 0 Å². The predicted molar refractivity (Wildman–Crippen MR) is 102 cm³/mol. The van der Waals surface area contributed by atoms with Crippen LogP contribution in [0.3, 0.4) is 0 Å². The second-order valence-corrected chi connectivity index (χ2v) is 6.18. The van der Waals surface area contributed by atoms with Crippen molar-refractivity contribution in [1.82, 2.24) is 24.9 Å². The van der Waals surface area contributed by atoms with E-state index in [1.807, 2.05) is 24.3 Å². The van der Waals surface area contributed by atoms with Crippen LogP contribution in [0, 0.1) is 11.7 Å². The number of carbonyl (C=O) groups excluding carboxylic acids is 1. The molecule has 0 radical (unpaired) electrons. The molecule has 0 fully saturated rings. The molecular weight excluding hydrogens is 384 g/mol. The number of ether oxygens (including phenoxy) is 2. The maximum atomic E-state index is 12.2. The summed E-state index contributed by atoms with van der Waals surface area (Å²) in [7, 11) is 1.59. The number of H-pyrrole nitrogens is 1. The van der Waals surface area contributed by atoms with Crippen LogP contribution in [0.1, 0.15) is 11.3 Å². The van der Waals surface area contributed by atoms with Crippen LogP contribution in [-0.4, -0.2) is 37.9 Å². The van der Waals surface area contributed by atoms with Gasteiger partial charge in [-0.15, -0.1) is 4.79 Å². The zero-order valence-corrected chi connectivity index (χ0v) is 16.0. The summed E-state index contributed by atoms with van der Waals surface area (Å²) < 4.78 is 12.5. The Bertz CT molecular complexity index is 1090. The Morgan fingerprint density at radius 2 is 2.04 bits per heavy atom. The fourth-order valence-electron chi connectivity index (χ4n) is 2.46. The third-order valence-electron chi connectivity index (χ3n) is 3.95. The quantitative estimate of drug-likeness (QED) is 0.570. The molecule has 3 rings (SSSR count). The van der Waals surface area contributed by atoms with Gasteiger partial charge in [-0.1, -0.05) is 17.2 Å². The average molecular weight is 402 g/mol. The average Bonchev–Trinajstić information content (AvgIpc) is 3.09. The fraction of sp³-hybridized carbons (Fsp3) is 0.235. The van der Waals surface area contributed by atoms with Crippen molar-refractivity contribution in [2.45, 2.75) is 20.1 Å². The molecule has 10 nitrogen and oxygen atoms in total. The summed E-state index contributed by atoms with van der Waals surface area (Å²) in [4.78, 5) is 25.5. The lowest BCUT2D eigenvalue weighted by Gasteiger charge is -2.15. The Kier molecular flexibility index (Phi) is 5.84. The lowest BCUT2D eigenvalue weighted by molar-refractivity contribution is -0.117. The minimum Gasteiger partial charge on any atom is -0.497 e. The molecule has 0 atom stereocenters. The Balaban J connectivity index is 1.72. The maximum absolute atomic E-state index is 12.2. The van der Waals surface area contributed by atoms with Gasteiger partial charge in [-0.25, -0.2) is 5.43 Å². The van der Waals surface area contributed by atoms with E-state index in [9.17, 15) is 9.59 Å². The number of aromatic nitrogens is 5. The van der Waals surface area contributed by atoms with Crippen molar-refractivity contribution >= 4 is 18.1 Å². The molecule has 28 heavy (non-hydrogen) atoms. The van der Waals surface area contributed by atoms with Gasteiger partial charge in [-0.3, -0.25) is 9.59 Å². The van der Waals surface area contributed by atoms with Gasteiger partial charge in [0.15, 0.2) is 5.75 Å². The van der Waals surface area contributed by atoms with Crippen LogP contribution >= 0.6 is 12.2 Å². The van der Waals surface area contributed by atoms with E-state index in [0.29, 0.717) is 5.69 Å². The monoisotopic (exact) mass is 402 g/mol. The highest BCUT2D eigenvalue weighted by Gasteiger charge is 2.12. The van der Waals surface area contributed by atoms with Crippen molar-refractivity contribution in [3.05, 3.63) is 62.8 Å². The fourth-order valence-corrected chi connectivity index (χ4v) is 2.59. The van der Waals surface area contributed by atoms with Crippen LogP contribution < -0.4 is 20.3 Å². The van der Waals surface area contributed by atoms with Crippen molar-refractivity contribution in [2.75, 3.05) is 12.5 Å². The smallest absolute Gasteiger partial charge is 0.260 e. The number of pyridine rings is 1. The van der Waals surface area contributed by atoms with Gasteiger partial charge in [-0.2, -0.15) is 5.21 Å². The molecule has 0 aliphatic carbocycles. The summed E-state index contributed by atoms with van der Waals surface area (Å²) in [6, 6.07) is 8.69. The Morgan fingerprint density at radius 1 is 1.29 bits per heavy atom. The van der Waals surface area contributed by atoms with E-state index in [-0.39, 0.29) is 35.0 Å². The predicted octanol–water partition coefficient (Wildman–Crippen LogP) is 1.16. The molecule has 11 heteroatoms. The summed E-state index contributed by atoms with van der Waals surface area (Å²) in [6.45, 7) is 1.87. The van der Waals surface area contributed by atoms with Crippen molar-refractivity contribution < 1.29 is 14.3 Å². The van der Waals surface area contributed by atoms with E-state index >= 15 is 0 Å². The first kappa shape index (κ1) is 19.3. The van der Waals surface area contributed by atoms with Gasteiger partial charge >= 0.3 is 0 Å². The highest BCUT2D eigenvalue weighted by molar-refractivity contribution is 7.71. The number of rotatable bonds is 7. The third kappa shape index (κ3) is 4.43. The number of hydrogen-bond donors (Lipinski definition) is 2. The number of nitrogens with zero attached hydrogens (tertiary/aromatic N) is 4. The van der Waals surface area contributed by atoms with Crippen LogP contribution in [0.2, 0.25) is 0 Å². The van der Waals surface area contributed by atoms with E-state index in [1.54, 1.807) is 18.6 Å². The summed E-state index contributed by atoms with van der Waals surface area (Å²) in [5, 5.41) is 9.48. The van der Waals surface area contributed by atoms with Crippen molar-refractivity contribution in [2.24, 2.45) is 0 Å². The summed E-state index contributed by atoms with van der Waals surface area (Å²) >= 11 is 4.90. The second-order valence-electron chi connectivity index (χ2n) is 5.81. The van der Waals surface area contributed by atoms with E-state index in [1.165, 1.54) is 12.3 Å². The minimum absolute atomic E-state index is 0.0498. The highest BCUT2D eigenvalue weighted by atomic mass is 32.1. The lowest BCUT2D eigenvalue weighted by atomic mass is 10.2. The Morgan fingerprint density at radius 3 is 2.68 bits per heavy atom.